The van der Waals surface area contributed by atoms with Crippen molar-refractivity contribution in [2.45, 2.75) is 51.1 Å². The third-order valence-corrected chi connectivity index (χ3v) is 4.26. The van der Waals surface area contributed by atoms with Crippen LogP contribution in [0.25, 0.3) is 0 Å². The Bertz CT molecular complexity index is 313. The van der Waals surface area contributed by atoms with E-state index in [-0.39, 0.29) is 0 Å². The van der Waals surface area contributed by atoms with E-state index < -0.39 is 0 Å². The van der Waals surface area contributed by atoms with Crippen molar-refractivity contribution >= 4 is 0 Å². The Labute approximate surface area is 97.8 Å². The zero-order valence-electron chi connectivity index (χ0n) is 9.91. The first-order valence-electron chi connectivity index (χ1n) is 6.77. The quantitative estimate of drug-likeness (QED) is 0.798. The summed E-state index contributed by atoms with van der Waals surface area (Å²) in [5, 5.41) is 3.72. The van der Waals surface area contributed by atoms with Crippen LogP contribution in [0.5, 0.6) is 0 Å². The first-order chi connectivity index (χ1) is 7.92. The second kappa shape index (κ2) is 4.62. The number of nitrogens with one attached hydrogen (secondary N) is 2. The maximum atomic E-state index is 3.72. The highest BCUT2D eigenvalue weighted by atomic mass is 14.9. The van der Waals surface area contributed by atoms with Gasteiger partial charge in [0.15, 0.2) is 0 Å². The average Bonchev–Trinajstić information content (AvgIpc) is 3.05. The molecule has 2 nitrogen and oxygen atoms in total. The summed E-state index contributed by atoms with van der Waals surface area (Å²) in [6.07, 6.45) is 12.9. The largest absolute Gasteiger partial charge is 0.367 e. The van der Waals surface area contributed by atoms with Gasteiger partial charge in [-0.3, -0.25) is 0 Å². The molecule has 1 heterocycles. The van der Waals surface area contributed by atoms with E-state index in [9.17, 15) is 0 Å². The fourth-order valence-electron chi connectivity index (χ4n) is 3.14. The lowest BCUT2D eigenvalue weighted by Gasteiger charge is -2.29. The van der Waals surface area contributed by atoms with Gasteiger partial charge in [-0.2, -0.15) is 0 Å². The molecule has 1 aromatic heterocycles. The Morgan fingerprint density at radius 1 is 1.19 bits per heavy atom. The van der Waals surface area contributed by atoms with Gasteiger partial charge < -0.3 is 10.3 Å². The van der Waals surface area contributed by atoms with Crippen LogP contribution in [-0.2, 0) is 6.54 Å². The Balaban J connectivity index is 1.47. The van der Waals surface area contributed by atoms with E-state index in [2.05, 4.69) is 22.6 Å². The van der Waals surface area contributed by atoms with Crippen LogP contribution >= 0.6 is 0 Å². The summed E-state index contributed by atoms with van der Waals surface area (Å²) in [6.45, 7) is 1.03. The molecule has 0 bridgehead atoms. The van der Waals surface area contributed by atoms with Gasteiger partial charge in [0.2, 0.25) is 0 Å². The maximum Gasteiger partial charge on any atom is 0.0223 e. The highest BCUT2D eigenvalue weighted by molar-refractivity contribution is 5.07. The molecule has 2 saturated carbocycles. The number of aromatic amines is 1. The van der Waals surface area contributed by atoms with Crippen LogP contribution in [0.3, 0.4) is 0 Å². The van der Waals surface area contributed by atoms with Gasteiger partial charge in [0.25, 0.3) is 0 Å². The molecule has 16 heavy (non-hydrogen) atoms. The maximum absolute atomic E-state index is 3.72. The summed E-state index contributed by atoms with van der Waals surface area (Å²) in [6, 6.07) is 2.93. The highest BCUT2D eigenvalue weighted by Gasteiger charge is 2.34. The first-order valence-corrected chi connectivity index (χ1v) is 6.77. The van der Waals surface area contributed by atoms with Crippen molar-refractivity contribution in [1.29, 1.82) is 0 Å². The fourth-order valence-corrected chi connectivity index (χ4v) is 3.14. The first kappa shape index (κ1) is 10.4. The number of aromatic nitrogens is 1. The minimum absolute atomic E-state index is 0.772. The minimum Gasteiger partial charge on any atom is -0.367 e. The van der Waals surface area contributed by atoms with Crippen molar-refractivity contribution in [3.63, 3.8) is 0 Å². The van der Waals surface area contributed by atoms with Gasteiger partial charge in [0.1, 0.15) is 0 Å². The van der Waals surface area contributed by atoms with E-state index in [0.717, 1.165) is 24.4 Å². The van der Waals surface area contributed by atoms with Crippen LogP contribution < -0.4 is 5.32 Å². The Hall–Kier alpha value is -0.760. The standard InChI is InChI=1S/C14H22N2/c1-2-13(12-4-5-12)8-14(3-1)16-10-11-6-7-15-9-11/h6-7,9,12-16H,1-5,8,10H2. The van der Waals surface area contributed by atoms with Crippen molar-refractivity contribution in [2.75, 3.05) is 0 Å². The lowest BCUT2D eigenvalue weighted by atomic mass is 9.82. The molecule has 3 rings (SSSR count). The molecule has 88 valence electrons. The third kappa shape index (κ3) is 2.49. The second-order valence-electron chi connectivity index (χ2n) is 5.56. The van der Waals surface area contributed by atoms with Gasteiger partial charge >= 0.3 is 0 Å². The molecule has 2 fully saturated rings. The van der Waals surface area contributed by atoms with Gasteiger partial charge in [-0.05, 0) is 49.1 Å². The average molecular weight is 218 g/mol. The van der Waals surface area contributed by atoms with E-state index in [1.165, 1.54) is 44.1 Å². The monoisotopic (exact) mass is 218 g/mol. The van der Waals surface area contributed by atoms with Crippen LogP contribution in [0.4, 0.5) is 0 Å². The predicted molar refractivity (Wildman–Crippen MR) is 66.1 cm³/mol. The van der Waals surface area contributed by atoms with Gasteiger partial charge in [0, 0.05) is 25.0 Å². The van der Waals surface area contributed by atoms with Crippen molar-refractivity contribution < 1.29 is 0 Å². The third-order valence-electron chi connectivity index (χ3n) is 4.26. The molecule has 2 unspecified atom stereocenters. The minimum atomic E-state index is 0.772. The zero-order chi connectivity index (χ0) is 10.8. The summed E-state index contributed by atoms with van der Waals surface area (Å²) in [5.74, 6) is 2.13. The van der Waals surface area contributed by atoms with E-state index in [1.807, 2.05) is 6.20 Å². The Morgan fingerprint density at radius 3 is 2.88 bits per heavy atom. The molecule has 0 amide bonds. The zero-order valence-corrected chi connectivity index (χ0v) is 9.91. The summed E-state index contributed by atoms with van der Waals surface area (Å²) in [5.41, 5.74) is 1.38. The smallest absolute Gasteiger partial charge is 0.0223 e. The predicted octanol–water partition coefficient (Wildman–Crippen LogP) is 3.07. The molecular weight excluding hydrogens is 196 g/mol. The molecule has 0 aliphatic heterocycles. The molecule has 1 aromatic rings. The molecule has 2 atom stereocenters. The van der Waals surface area contributed by atoms with Crippen LogP contribution in [0.2, 0.25) is 0 Å². The molecule has 0 saturated heterocycles. The topological polar surface area (TPSA) is 27.8 Å². The van der Waals surface area contributed by atoms with Gasteiger partial charge in [-0.1, -0.05) is 12.8 Å². The molecule has 2 N–H and O–H groups in total. The molecular formula is C14H22N2. The van der Waals surface area contributed by atoms with Gasteiger partial charge in [0.05, 0.1) is 0 Å². The van der Waals surface area contributed by atoms with E-state index in [1.54, 1.807) is 0 Å². The summed E-state index contributed by atoms with van der Waals surface area (Å²) >= 11 is 0. The summed E-state index contributed by atoms with van der Waals surface area (Å²) in [4.78, 5) is 3.11. The second-order valence-corrected chi connectivity index (χ2v) is 5.56. The fraction of sp³-hybridized carbons (Fsp3) is 0.714. The normalized spacial score (nSPS) is 30.5. The van der Waals surface area contributed by atoms with Crippen LogP contribution in [-0.4, -0.2) is 11.0 Å². The summed E-state index contributed by atoms with van der Waals surface area (Å²) < 4.78 is 0. The molecule has 2 heteroatoms. The van der Waals surface area contributed by atoms with Crippen molar-refractivity contribution in [1.82, 2.24) is 10.3 Å². The number of H-pyrrole nitrogens is 1. The van der Waals surface area contributed by atoms with Gasteiger partial charge in [-0.15, -0.1) is 0 Å². The molecule has 0 aromatic carbocycles. The number of hydrogen-bond acceptors (Lipinski definition) is 1. The van der Waals surface area contributed by atoms with Crippen LogP contribution in [0, 0.1) is 11.8 Å². The molecule has 2 aliphatic carbocycles. The lowest BCUT2D eigenvalue weighted by molar-refractivity contribution is 0.260. The van der Waals surface area contributed by atoms with Crippen molar-refractivity contribution in [2.24, 2.45) is 11.8 Å². The van der Waals surface area contributed by atoms with E-state index in [4.69, 9.17) is 0 Å². The van der Waals surface area contributed by atoms with Crippen molar-refractivity contribution in [3.8, 4) is 0 Å². The number of rotatable bonds is 4. The van der Waals surface area contributed by atoms with Crippen molar-refractivity contribution in [3.05, 3.63) is 24.0 Å². The summed E-state index contributed by atoms with van der Waals surface area (Å²) in [7, 11) is 0. The molecule has 0 spiro atoms. The molecule has 0 radical (unpaired) electrons. The molecule has 2 aliphatic rings. The lowest BCUT2D eigenvalue weighted by Crippen LogP contribution is -2.34. The number of hydrogen-bond donors (Lipinski definition) is 2. The van der Waals surface area contributed by atoms with E-state index >= 15 is 0 Å². The SMILES string of the molecule is c1cc(CNC2CCCC(C3CC3)C2)c[nH]1. The van der Waals surface area contributed by atoms with E-state index in [0.29, 0.717) is 0 Å². The Kier molecular flexibility index (Phi) is 3.00. The van der Waals surface area contributed by atoms with Crippen LogP contribution in [0.1, 0.15) is 44.1 Å². The van der Waals surface area contributed by atoms with Crippen LogP contribution in [0.15, 0.2) is 18.5 Å². The Morgan fingerprint density at radius 2 is 2.12 bits per heavy atom. The highest BCUT2D eigenvalue weighted by Crippen LogP contribution is 2.43. The van der Waals surface area contributed by atoms with Gasteiger partial charge in [-0.25, -0.2) is 0 Å².